The Labute approximate surface area is 441 Å². The van der Waals surface area contributed by atoms with Crippen molar-refractivity contribution < 1.29 is 0 Å². The van der Waals surface area contributed by atoms with Crippen LogP contribution in [0.2, 0.25) is 0 Å². The normalized spacial score (nSPS) is 11.7. The van der Waals surface area contributed by atoms with E-state index in [2.05, 4.69) is 301 Å². The molecule has 0 aliphatic carbocycles. The van der Waals surface area contributed by atoms with Crippen molar-refractivity contribution in [1.82, 2.24) is 0 Å². The summed E-state index contributed by atoms with van der Waals surface area (Å²) in [4.78, 5) is 4.98. The fraction of sp³-hybridized carbons (Fsp3) is 0. The molecular formula is C74H48N2. The molecule has 15 aromatic rings. The molecular weight excluding hydrogens is 917 g/mol. The molecule has 0 aliphatic heterocycles. The third-order valence-corrected chi connectivity index (χ3v) is 15.7. The molecule has 2 heteroatoms. The van der Waals surface area contributed by atoms with Crippen LogP contribution in [0.25, 0.3) is 108 Å². The Bertz CT molecular complexity index is 4310. The number of rotatable bonds is 8. The van der Waals surface area contributed by atoms with Gasteiger partial charge in [-0.1, -0.05) is 231 Å². The molecule has 76 heavy (non-hydrogen) atoms. The zero-order valence-electron chi connectivity index (χ0n) is 41.6. The fourth-order valence-electron chi connectivity index (χ4n) is 12.2. The summed E-state index contributed by atoms with van der Waals surface area (Å²) < 4.78 is 0. The number of fused-ring (bicyclic) bond motifs is 8. The highest BCUT2D eigenvalue weighted by Gasteiger charge is 2.25. The summed E-state index contributed by atoms with van der Waals surface area (Å²) in [5.74, 6) is 0. The van der Waals surface area contributed by atoms with Gasteiger partial charge in [-0.05, 0) is 148 Å². The summed E-state index contributed by atoms with van der Waals surface area (Å²) >= 11 is 0. The van der Waals surface area contributed by atoms with Crippen LogP contribution in [0.4, 0.5) is 34.1 Å². The number of hydrogen-bond donors (Lipinski definition) is 0. The van der Waals surface area contributed by atoms with Gasteiger partial charge in [-0.2, -0.15) is 0 Å². The fourth-order valence-corrected chi connectivity index (χ4v) is 12.2. The van der Waals surface area contributed by atoms with Gasteiger partial charge in [0.05, 0.1) is 22.7 Å². The van der Waals surface area contributed by atoms with Crippen molar-refractivity contribution in [3.63, 3.8) is 0 Å². The lowest BCUT2D eigenvalue weighted by molar-refractivity contribution is 1.32. The highest BCUT2D eigenvalue weighted by atomic mass is 15.2. The van der Waals surface area contributed by atoms with Crippen LogP contribution in [0, 0.1) is 0 Å². The molecule has 354 valence electrons. The predicted molar refractivity (Wildman–Crippen MR) is 327 cm³/mol. The molecule has 0 atom stereocenters. The lowest BCUT2D eigenvalue weighted by atomic mass is 9.84. The van der Waals surface area contributed by atoms with E-state index in [-0.39, 0.29) is 0 Å². The first-order chi connectivity index (χ1) is 37.7. The van der Waals surface area contributed by atoms with E-state index in [9.17, 15) is 0 Å². The standard InChI is InChI=1S/C74H48N2/c1-3-23-55-45-57(39-37-49(55)17-1)73-65-43-41-60(76(71-35-15-27-53-21-7-11-31-63(53)71)72-36-16-28-54-22-8-12-32-64(54)72)48-68(65)74(58-40-38-50-18-2-4-24-56(50)46-58)66-44-42-59(47-67(66)73)75(69-33-13-25-51-19-5-9-29-61(51)69)70-34-14-26-52-20-6-10-30-62(52)70/h1-48H. The summed E-state index contributed by atoms with van der Waals surface area (Å²) in [6, 6.07) is 108. The van der Waals surface area contributed by atoms with E-state index >= 15 is 0 Å². The van der Waals surface area contributed by atoms with Gasteiger partial charge in [-0.25, -0.2) is 0 Å². The van der Waals surface area contributed by atoms with Crippen molar-refractivity contribution in [2.45, 2.75) is 0 Å². The number of benzene rings is 15. The molecule has 0 amide bonds. The van der Waals surface area contributed by atoms with Crippen LogP contribution in [0.5, 0.6) is 0 Å². The van der Waals surface area contributed by atoms with Crippen LogP contribution >= 0.6 is 0 Å². The molecule has 0 radical (unpaired) electrons. The molecule has 0 saturated heterocycles. The summed E-state index contributed by atoms with van der Waals surface area (Å²) in [6.45, 7) is 0. The summed E-state index contributed by atoms with van der Waals surface area (Å²) in [5, 5.41) is 19.1. The van der Waals surface area contributed by atoms with Gasteiger partial charge < -0.3 is 9.80 Å². The van der Waals surface area contributed by atoms with Crippen LogP contribution in [0.1, 0.15) is 0 Å². The predicted octanol–water partition coefficient (Wildman–Crippen LogP) is 21.2. The van der Waals surface area contributed by atoms with Gasteiger partial charge in [-0.3, -0.25) is 0 Å². The van der Waals surface area contributed by atoms with Crippen molar-refractivity contribution in [1.29, 1.82) is 0 Å². The Morgan fingerprint density at radius 2 is 0.461 bits per heavy atom. The molecule has 0 bridgehead atoms. The van der Waals surface area contributed by atoms with Gasteiger partial charge >= 0.3 is 0 Å². The van der Waals surface area contributed by atoms with Gasteiger partial charge in [0.2, 0.25) is 0 Å². The average Bonchev–Trinajstić information content (AvgIpc) is 3.53. The minimum atomic E-state index is 1.08. The van der Waals surface area contributed by atoms with E-state index in [0.29, 0.717) is 0 Å². The van der Waals surface area contributed by atoms with E-state index in [1.807, 2.05) is 0 Å². The second kappa shape index (κ2) is 17.9. The van der Waals surface area contributed by atoms with E-state index in [4.69, 9.17) is 0 Å². The van der Waals surface area contributed by atoms with Crippen molar-refractivity contribution in [2.24, 2.45) is 0 Å². The van der Waals surface area contributed by atoms with E-state index in [1.165, 1.54) is 108 Å². The Morgan fingerprint density at radius 3 is 0.803 bits per heavy atom. The smallest absolute Gasteiger partial charge is 0.0540 e. The molecule has 15 aromatic carbocycles. The SMILES string of the molecule is c1ccc2cc(-c3c4ccc(N(c5cccc6ccccc56)c5cccc6ccccc56)cc4c(-c4ccc5ccccc5c4)c4ccc(N(c5cccc6ccccc56)c5cccc6ccccc56)cc34)ccc2c1. The zero-order chi connectivity index (χ0) is 50.1. The van der Waals surface area contributed by atoms with Gasteiger partial charge in [-0.15, -0.1) is 0 Å². The first-order valence-corrected chi connectivity index (χ1v) is 26.2. The molecule has 0 heterocycles. The highest BCUT2D eigenvalue weighted by molar-refractivity contribution is 6.24. The van der Waals surface area contributed by atoms with Crippen molar-refractivity contribution in [2.75, 3.05) is 9.80 Å². The van der Waals surface area contributed by atoms with Gasteiger partial charge in [0.1, 0.15) is 0 Å². The molecule has 0 unspecified atom stereocenters. The second-order valence-electron chi connectivity index (χ2n) is 20.0. The largest absolute Gasteiger partial charge is 0.309 e. The molecule has 0 aromatic heterocycles. The van der Waals surface area contributed by atoms with E-state index < -0.39 is 0 Å². The van der Waals surface area contributed by atoms with E-state index in [1.54, 1.807) is 0 Å². The third kappa shape index (κ3) is 7.18. The van der Waals surface area contributed by atoms with Crippen molar-refractivity contribution in [3.8, 4) is 22.3 Å². The maximum atomic E-state index is 2.49. The molecule has 0 spiro atoms. The highest BCUT2D eigenvalue weighted by Crippen LogP contribution is 2.51. The number of anilines is 6. The Hall–Kier alpha value is -10.0. The lowest BCUT2D eigenvalue weighted by Crippen LogP contribution is -2.11. The third-order valence-electron chi connectivity index (χ3n) is 15.7. The minimum Gasteiger partial charge on any atom is -0.309 e. The molecule has 15 rings (SSSR count). The maximum absolute atomic E-state index is 2.49. The first-order valence-electron chi connectivity index (χ1n) is 26.2. The Morgan fingerprint density at radius 1 is 0.171 bits per heavy atom. The van der Waals surface area contributed by atoms with Crippen LogP contribution in [-0.2, 0) is 0 Å². The zero-order valence-corrected chi connectivity index (χ0v) is 41.6. The van der Waals surface area contributed by atoms with E-state index in [0.717, 1.165) is 34.1 Å². The van der Waals surface area contributed by atoms with Crippen LogP contribution < -0.4 is 9.80 Å². The average molecular weight is 965 g/mol. The van der Waals surface area contributed by atoms with Crippen molar-refractivity contribution in [3.05, 3.63) is 291 Å². The molecule has 0 N–H and O–H groups in total. The summed E-state index contributed by atoms with van der Waals surface area (Å²) in [7, 11) is 0. The minimum absolute atomic E-state index is 1.08. The second-order valence-corrected chi connectivity index (χ2v) is 20.0. The molecule has 0 aliphatic rings. The maximum Gasteiger partial charge on any atom is 0.0540 e. The van der Waals surface area contributed by atoms with Crippen LogP contribution in [0.15, 0.2) is 291 Å². The topological polar surface area (TPSA) is 6.48 Å². The Kier molecular flexibility index (Phi) is 10.2. The van der Waals surface area contributed by atoms with Gasteiger partial charge in [0.25, 0.3) is 0 Å². The Balaban J connectivity index is 1.08. The number of hydrogen-bond acceptors (Lipinski definition) is 2. The van der Waals surface area contributed by atoms with Gasteiger partial charge in [0.15, 0.2) is 0 Å². The summed E-state index contributed by atoms with van der Waals surface area (Å²) in [6.07, 6.45) is 0. The molecule has 2 nitrogen and oxygen atoms in total. The van der Waals surface area contributed by atoms with Crippen molar-refractivity contribution >= 4 is 120 Å². The number of nitrogens with zero attached hydrogens (tertiary/aromatic N) is 2. The molecule has 0 fully saturated rings. The van der Waals surface area contributed by atoms with Crippen LogP contribution in [0.3, 0.4) is 0 Å². The van der Waals surface area contributed by atoms with Gasteiger partial charge in [0, 0.05) is 32.9 Å². The lowest BCUT2D eigenvalue weighted by Gasteiger charge is -2.30. The monoisotopic (exact) mass is 964 g/mol. The first kappa shape index (κ1) is 43.6. The summed E-state index contributed by atoms with van der Waals surface area (Å²) in [5.41, 5.74) is 11.4. The quantitative estimate of drug-likeness (QED) is 0.140. The van der Waals surface area contributed by atoms with Crippen LogP contribution in [-0.4, -0.2) is 0 Å². The molecule has 0 saturated carbocycles.